The normalized spacial score (nSPS) is 11.1. The number of nitriles is 1. The van der Waals surface area contributed by atoms with Crippen LogP contribution in [0.3, 0.4) is 0 Å². The Balaban J connectivity index is 2.71. The molecule has 28 heavy (non-hydrogen) atoms. The number of amides is 3. The molecule has 0 radical (unpaired) electrons. The first-order chi connectivity index (χ1) is 13.2. The molecule has 8 nitrogen and oxygen atoms in total. The number of nitrogens with zero attached hydrogens (tertiary/aromatic N) is 2. The Kier molecular flexibility index (Phi) is 8.96. The van der Waals surface area contributed by atoms with Crippen LogP contribution in [-0.4, -0.2) is 35.6 Å². The second-order valence-electron chi connectivity index (χ2n) is 6.88. The maximum absolute atomic E-state index is 12.1. The molecular weight excluding hydrogens is 360 g/mol. The van der Waals surface area contributed by atoms with Crippen LogP contribution < -0.4 is 10.6 Å². The zero-order valence-electron chi connectivity index (χ0n) is 17.1. The highest BCUT2D eigenvalue weighted by atomic mass is 16.5. The Bertz CT molecular complexity index is 800. The molecule has 0 atom stereocenters. The van der Waals surface area contributed by atoms with Crippen molar-refractivity contribution >= 4 is 24.0 Å². The Morgan fingerprint density at radius 1 is 1.32 bits per heavy atom. The molecule has 0 unspecified atom stereocenters. The smallest absolute Gasteiger partial charge is 0.349 e. The van der Waals surface area contributed by atoms with E-state index in [0.29, 0.717) is 6.54 Å². The van der Waals surface area contributed by atoms with Gasteiger partial charge in [0.05, 0.1) is 0 Å². The summed E-state index contributed by atoms with van der Waals surface area (Å²) >= 11 is 0. The molecule has 0 aliphatic rings. The third-order valence-corrected chi connectivity index (χ3v) is 3.96. The molecule has 0 aliphatic carbocycles. The first kappa shape index (κ1) is 23.0. The highest BCUT2D eigenvalue weighted by Gasteiger charge is 2.16. The number of ether oxygens (including phenoxy) is 1. The molecule has 0 bridgehead atoms. The second-order valence-corrected chi connectivity index (χ2v) is 6.88. The summed E-state index contributed by atoms with van der Waals surface area (Å²) in [5.74, 6) is -1.45. The number of aryl methyl sites for hydroxylation is 1. The zero-order chi connectivity index (χ0) is 21.3. The molecule has 1 rings (SSSR count). The van der Waals surface area contributed by atoms with E-state index >= 15 is 0 Å². The van der Waals surface area contributed by atoms with E-state index in [1.165, 1.54) is 6.08 Å². The molecule has 0 aromatic carbocycles. The molecule has 2 N–H and O–H groups in total. The summed E-state index contributed by atoms with van der Waals surface area (Å²) in [5, 5.41) is 13.8. The summed E-state index contributed by atoms with van der Waals surface area (Å²) in [6, 6.07) is 3.03. The third-order valence-electron chi connectivity index (χ3n) is 3.96. The van der Waals surface area contributed by atoms with Crippen molar-refractivity contribution in [3.63, 3.8) is 0 Å². The van der Waals surface area contributed by atoms with Crippen molar-refractivity contribution in [2.45, 2.75) is 47.6 Å². The molecule has 0 saturated carbocycles. The van der Waals surface area contributed by atoms with Crippen molar-refractivity contribution in [2.75, 3.05) is 13.2 Å². The fourth-order valence-electron chi connectivity index (χ4n) is 2.55. The summed E-state index contributed by atoms with van der Waals surface area (Å²) in [7, 11) is 0. The molecule has 0 saturated heterocycles. The van der Waals surface area contributed by atoms with Gasteiger partial charge in [0.1, 0.15) is 11.6 Å². The number of aromatic nitrogens is 1. The SMILES string of the molecule is CCCn1c(C)cc(/C=C(\C#N)C(=O)OCC(=O)NC(=O)NCC(C)C)c1C. The van der Waals surface area contributed by atoms with Gasteiger partial charge in [-0.1, -0.05) is 20.8 Å². The minimum atomic E-state index is -0.916. The van der Waals surface area contributed by atoms with Gasteiger partial charge in [-0.25, -0.2) is 9.59 Å². The summed E-state index contributed by atoms with van der Waals surface area (Å²) in [6.45, 7) is 10.4. The number of carbonyl (C=O) groups is 3. The largest absolute Gasteiger partial charge is 0.451 e. The lowest BCUT2D eigenvalue weighted by Gasteiger charge is -2.09. The number of esters is 1. The molecule has 1 heterocycles. The first-order valence-corrected chi connectivity index (χ1v) is 9.22. The summed E-state index contributed by atoms with van der Waals surface area (Å²) in [4.78, 5) is 35.3. The van der Waals surface area contributed by atoms with Gasteiger partial charge in [0.2, 0.25) is 0 Å². The number of rotatable bonds is 8. The van der Waals surface area contributed by atoms with Crippen LogP contribution in [-0.2, 0) is 20.9 Å². The maximum Gasteiger partial charge on any atom is 0.349 e. The van der Waals surface area contributed by atoms with Gasteiger partial charge in [-0.2, -0.15) is 5.26 Å². The molecule has 0 spiro atoms. The standard InChI is InChI=1S/C20H28N4O4/c1-6-7-24-14(4)8-16(15(24)5)9-17(10-21)19(26)28-12-18(25)23-20(27)22-11-13(2)3/h8-9,13H,6-7,11-12H2,1-5H3,(H2,22,23,25,27)/b17-9+. The zero-order valence-corrected chi connectivity index (χ0v) is 17.1. The number of hydrogen-bond donors (Lipinski definition) is 2. The van der Waals surface area contributed by atoms with E-state index in [1.807, 2.05) is 33.8 Å². The molecule has 1 aromatic heterocycles. The van der Waals surface area contributed by atoms with E-state index < -0.39 is 24.5 Å². The Morgan fingerprint density at radius 3 is 2.57 bits per heavy atom. The van der Waals surface area contributed by atoms with Crippen LogP contribution in [0.15, 0.2) is 11.6 Å². The number of nitrogens with one attached hydrogen (secondary N) is 2. The average molecular weight is 388 g/mol. The van der Waals surface area contributed by atoms with Crippen molar-refractivity contribution in [2.24, 2.45) is 5.92 Å². The van der Waals surface area contributed by atoms with Gasteiger partial charge in [0.15, 0.2) is 6.61 Å². The lowest BCUT2D eigenvalue weighted by Crippen LogP contribution is -2.42. The Morgan fingerprint density at radius 2 is 2.00 bits per heavy atom. The van der Waals surface area contributed by atoms with Crippen LogP contribution in [0, 0.1) is 31.1 Å². The van der Waals surface area contributed by atoms with Crippen molar-refractivity contribution in [1.29, 1.82) is 5.26 Å². The minimum Gasteiger partial charge on any atom is -0.451 e. The molecular formula is C20H28N4O4. The fourth-order valence-corrected chi connectivity index (χ4v) is 2.55. The van der Waals surface area contributed by atoms with Gasteiger partial charge in [0, 0.05) is 24.5 Å². The highest BCUT2D eigenvalue weighted by molar-refractivity contribution is 6.00. The second kappa shape index (κ2) is 10.9. The van der Waals surface area contributed by atoms with E-state index in [-0.39, 0.29) is 11.5 Å². The number of urea groups is 1. The van der Waals surface area contributed by atoms with E-state index in [9.17, 15) is 19.6 Å². The Labute approximate surface area is 165 Å². The molecule has 0 aliphatic heterocycles. The van der Waals surface area contributed by atoms with E-state index in [0.717, 1.165) is 29.9 Å². The lowest BCUT2D eigenvalue weighted by atomic mass is 10.1. The van der Waals surface area contributed by atoms with Crippen LogP contribution in [0.1, 0.15) is 44.1 Å². The molecule has 152 valence electrons. The van der Waals surface area contributed by atoms with E-state index in [2.05, 4.69) is 22.1 Å². The number of hydrogen-bond acceptors (Lipinski definition) is 5. The van der Waals surface area contributed by atoms with Crippen molar-refractivity contribution in [1.82, 2.24) is 15.2 Å². The monoisotopic (exact) mass is 388 g/mol. The van der Waals surface area contributed by atoms with Crippen molar-refractivity contribution in [3.8, 4) is 6.07 Å². The van der Waals surface area contributed by atoms with Gasteiger partial charge >= 0.3 is 12.0 Å². The first-order valence-electron chi connectivity index (χ1n) is 9.22. The Hall–Kier alpha value is -3.08. The summed E-state index contributed by atoms with van der Waals surface area (Å²) in [5.41, 5.74) is 2.51. The van der Waals surface area contributed by atoms with Crippen molar-refractivity contribution in [3.05, 3.63) is 28.6 Å². The van der Waals surface area contributed by atoms with Crippen LogP contribution in [0.25, 0.3) is 6.08 Å². The average Bonchev–Trinajstić information content (AvgIpc) is 2.90. The van der Waals surface area contributed by atoms with Gasteiger partial charge in [-0.05, 0) is 43.9 Å². The summed E-state index contributed by atoms with van der Waals surface area (Å²) in [6.07, 6.45) is 2.41. The molecule has 1 aromatic rings. The number of carbonyl (C=O) groups excluding carboxylic acids is 3. The predicted octanol–water partition coefficient (Wildman–Crippen LogP) is 2.45. The summed E-state index contributed by atoms with van der Waals surface area (Å²) < 4.78 is 6.96. The highest BCUT2D eigenvalue weighted by Crippen LogP contribution is 2.19. The van der Waals surface area contributed by atoms with Crippen LogP contribution in [0.2, 0.25) is 0 Å². The van der Waals surface area contributed by atoms with E-state index in [4.69, 9.17) is 4.74 Å². The van der Waals surface area contributed by atoms with Gasteiger partial charge < -0.3 is 14.6 Å². The van der Waals surface area contributed by atoms with Crippen LogP contribution >= 0.6 is 0 Å². The lowest BCUT2D eigenvalue weighted by molar-refractivity contribution is -0.144. The van der Waals surface area contributed by atoms with Crippen LogP contribution in [0.4, 0.5) is 4.79 Å². The van der Waals surface area contributed by atoms with E-state index in [1.54, 1.807) is 6.07 Å². The number of imide groups is 1. The molecule has 0 fully saturated rings. The van der Waals surface area contributed by atoms with Gasteiger partial charge in [-0.3, -0.25) is 10.1 Å². The molecule has 3 amide bonds. The molecule has 8 heteroatoms. The third kappa shape index (κ3) is 6.91. The predicted molar refractivity (Wildman–Crippen MR) is 105 cm³/mol. The maximum atomic E-state index is 12.1. The van der Waals surface area contributed by atoms with Gasteiger partial charge in [0.25, 0.3) is 5.91 Å². The minimum absolute atomic E-state index is 0.214. The topological polar surface area (TPSA) is 113 Å². The van der Waals surface area contributed by atoms with Crippen molar-refractivity contribution < 1.29 is 19.1 Å². The van der Waals surface area contributed by atoms with Crippen LogP contribution in [0.5, 0.6) is 0 Å². The van der Waals surface area contributed by atoms with Gasteiger partial charge in [-0.15, -0.1) is 0 Å². The fraction of sp³-hybridized carbons (Fsp3) is 0.500. The quantitative estimate of drug-likeness (QED) is 0.403.